The number of benzene rings is 1. The maximum absolute atomic E-state index is 13.6. The number of ether oxygens (including phenoxy) is 1. The molecule has 9 heteroatoms. The fourth-order valence-electron chi connectivity index (χ4n) is 2.75. The van der Waals surface area contributed by atoms with Gasteiger partial charge in [-0.2, -0.15) is 0 Å². The third-order valence-electron chi connectivity index (χ3n) is 4.08. The molecule has 0 radical (unpaired) electrons. The molecule has 0 aliphatic rings. The molecule has 0 unspecified atom stereocenters. The van der Waals surface area contributed by atoms with Gasteiger partial charge in [-0.15, -0.1) is 0 Å². The Morgan fingerprint density at radius 3 is 2.79 bits per heavy atom. The molecule has 1 N–H and O–H groups in total. The van der Waals surface area contributed by atoms with Crippen molar-refractivity contribution in [2.24, 2.45) is 0 Å². The highest BCUT2D eigenvalue weighted by Crippen LogP contribution is 2.21. The Bertz CT molecular complexity index is 1100. The van der Waals surface area contributed by atoms with E-state index in [2.05, 4.69) is 10.3 Å². The van der Waals surface area contributed by atoms with E-state index >= 15 is 0 Å². The molecule has 28 heavy (non-hydrogen) atoms. The molecule has 0 aliphatic carbocycles. The van der Waals surface area contributed by atoms with Crippen molar-refractivity contribution in [2.75, 3.05) is 6.61 Å². The monoisotopic (exact) mass is 387 g/mol. The number of hydrogen-bond donors (Lipinski definition) is 1. The quantitative estimate of drug-likeness (QED) is 0.648. The molecule has 3 rings (SSSR count). The van der Waals surface area contributed by atoms with Crippen LogP contribution in [-0.2, 0) is 22.6 Å². The number of halogens is 1. The predicted molar refractivity (Wildman–Crippen MR) is 97.2 cm³/mol. The lowest BCUT2D eigenvalue weighted by atomic mass is 10.2. The van der Waals surface area contributed by atoms with Gasteiger partial charge in [-0.25, -0.2) is 14.2 Å². The van der Waals surface area contributed by atoms with Gasteiger partial charge in [0.25, 0.3) is 5.56 Å². The van der Waals surface area contributed by atoms with Gasteiger partial charge in [0.2, 0.25) is 11.6 Å². The molecule has 2 heterocycles. The van der Waals surface area contributed by atoms with Crippen LogP contribution in [0, 0.1) is 12.7 Å². The number of furan rings is 1. The number of aryl methyl sites for hydroxylation is 1. The molecule has 3 aromatic rings. The lowest BCUT2D eigenvalue weighted by Gasteiger charge is -2.08. The standard InChI is InChI=1S/C19H18FN3O5/c1-3-27-19(26)15-11(2)28-17-16(15)18(25)23(10-22-17)9-14(24)21-8-12-6-4-5-7-13(12)20/h4-7,10H,3,8-9H2,1-2H3,(H,21,24). The lowest BCUT2D eigenvalue weighted by molar-refractivity contribution is -0.121. The number of carbonyl (C=O) groups excluding carboxylic acids is 2. The van der Waals surface area contributed by atoms with E-state index in [1.165, 1.54) is 13.0 Å². The zero-order valence-electron chi connectivity index (χ0n) is 15.3. The van der Waals surface area contributed by atoms with Crippen molar-refractivity contribution >= 4 is 23.0 Å². The minimum Gasteiger partial charge on any atom is -0.462 e. The van der Waals surface area contributed by atoms with Crippen LogP contribution in [0.4, 0.5) is 4.39 Å². The van der Waals surface area contributed by atoms with Crippen molar-refractivity contribution in [2.45, 2.75) is 26.9 Å². The lowest BCUT2D eigenvalue weighted by Crippen LogP contribution is -2.32. The summed E-state index contributed by atoms with van der Waals surface area (Å²) in [7, 11) is 0. The van der Waals surface area contributed by atoms with Gasteiger partial charge in [0.05, 0.1) is 6.61 Å². The maximum atomic E-state index is 13.6. The van der Waals surface area contributed by atoms with Crippen LogP contribution in [0.2, 0.25) is 0 Å². The van der Waals surface area contributed by atoms with E-state index < -0.39 is 23.3 Å². The SMILES string of the molecule is CCOC(=O)c1c(C)oc2ncn(CC(=O)NCc3ccccc3F)c(=O)c12. The Hall–Kier alpha value is -3.49. The first-order valence-electron chi connectivity index (χ1n) is 8.58. The van der Waals surface area contributed by atoms with Crippen molar-refractivity contribution in [3.63, 3.8) is 0 Å². The second-order valence-electron chi connectivity index (χ2n) is 5.98. The smallest absolute Gasteiger partial charge is 0.342 e. The van der Waals surface area contributed by atoms with Crippen molar-refractivity contribution in [1.82, 2.24) is 14.9 Å². The maximum Gasteiger partial charge on any atom is 0.342 e. The topological polar surface area (TPSA) is 103 Å². The molecule has 8 nitrogen and oxygen atoms in total. The molecule has 2 aromatic heterocycles. The van der Waals surface area contributed by atoms with Crippen molar-refractivity contribution < 1.29 is 23.1 Å². The molecule has 0 aliphatic heterocycles. The van der Waals surface area contributed by atoms with E-state index in [9.17, 15) is 18.8 Å². The number of nitrogens with one attached hydrogen (secondary N) is 1. The van der Waals surface area contributed by atoms with Gasteiger partial charge in [0.15, 0.2) is 0 Å². The number of esters is 1. The number of aromatic nitrogens is 2. The normalized spacial score (nSPS) is 10.8. The van der Waals surface area contributed by atoms with Crippen LogP contribution < -0.4 is 10.9 Å². The van der Waals surface area contributed by atoms with Gasteiger partial charge in [-0.05, 0) is 19.9 Å². The Morgan fingerprint density at radius 2 is 2.07 bits per heavy atom. The summed E-state index contributed by atoms with van der Waals surface area (Å²) in [5, 5.41) is 2.50. The molecule has 1 amide bonds. The van der Waals surface area contributed by atoms with Crippen molar-refractivity contribution in [1.29, 1.82) is 0 Å². The van der Waals surface area contributed by atoms with Crippen LogP contribution >= 0.6 is 0 Å². The first-order valence-corrected chi connectivity index (χ1v) is 8.58. The van der Waals surface area contributed by atoms with E-state index in [0.717, 1.165) is 10.9 Å². The zero-order chi connectivity index (χ0) is 20.3. The van der Waals surface area contributed by atoms with Gasteiger partial charge in [-0.3, -0.25) is 14.2 Å². The van der Waals surface area contributed by atoms with E-state index in [1.807, 2.05) is 0 Å². The average molecular weight is 387 g/mol. The first kappa shape index (κ1) is 19.3. The third-order valence-corrected chi connectivity index (χ3v) is 4.08. The number of rotatable bonds is 6. The Balaban J connectivity index is 1.83. The largest absolute Gasteiger partial charge is 0.462 e. The number of nitrogens with zero attached hydrogens (tertiary/aromatic N) is 2. The van der Waals surface area contributed by atoms with Gasteiger partial charge in [0.1, 0.15) is 35.4 Å². The number of hydrogen-bond acceptors (Lipinski definition) is 6. The van der Waals surface area contributed by atoms with Crippen LogP contribution in [0.25, 0.3) is 11.1 Å². The summed E-state index contributed by atoms with van der Waals surface area (Å²) in [6.07, 6.45) is 1.16. The summed E-state index contributed by atoms with van der Waals surface area (Å²) in [4.78, 5) is 41.1. The summed E-state index contributed by atoms with van der Waals surface area (Å²) in [6, 6.07) is 6.05. The summed E-state index contributed by atoms with van der Waals surface area (Å²) >= 11 is 0. The average Bonchev–Trinajstić information content (AvgIpc) is 3.00. The molecule has 146 valence electrons. The highest BCUT2D eigenvalue weighted by molar-refractivity contribution is 6.03. The number of fused-ring (bicyclic) bond motifs is 1. The number of carbonyl (C=O) groups is 2. The molecular formula is C19H18FN3O5. The van der Waals surface area contributed by atoms with Crippen LogP contribution in [0.5, 0.6) is 0 Å². The third kappa shape index (κ3) is 3.78. The molecule has 1 aromatic carbocycles. The van der Waals surface area contributed by atoms with Gasteiger partial charge >= 0.3 is 5.97 Å². The predicted octanol–water partition coefficient (Wildman–Crippen LogP) is 1.93. The van der Waals surface area contributed by atoms with Gasteiger partial charge in [-0.1, -0.05) is 18.2 Å². The minimum atomic E-state index is -0.695. The second kappa shape index (κ2) is 8.03. The van der Waals surface area contributed by atoms with Gasteiger partial charge in [0, 0.05) is 12.1 Å². The van der Waals surface area contributed by atoms with E-state index in [1.54, 1.807) is 25.1 Å². The van der Waals surface area contributed by atoms with E-state index in [0.29, 0.717) is 5.56 Å². The highest BCUT2D eigenvalue weighted by Gasteiger charge is 2.24. The van der Waals surface area contributed by atoms with Crippen LogP contribution in [-0.4, -0.2) is 28.0 Å². The fourth-order valence-corrected chi connectivity index (χ4v) is 2.75. The molecule has 0 saturated carbocycles. The Morgan fingerprint density at radius 1 is 1.32 bits per heavy atom. The summed E-state index contributed by atoms with van der Waals surface area (Å²) in [5.41, 5.74) is -0.290. The zero-order valence-corrected chi connectivity index (χ0v) is 15.3. The van der Waals surface area contributed by atoms with Crippen LogP contribution in [0.15, 0.2) is 39.8 Å². The number of amides is 1. The Kier molecular flexibility index (Phi) is 5.53. The second-order valence-corrected chi connectivity index (χ2v) is 5.98. The molecule has 0 fully saturated rings. The summed E-state index contributed by atoms with van der Waals surface area (Å²) < 4.78 is 25.0. The van der Waals surface area contributed by atoms with Crippen molar-refractivity contribution in [3.05, 3.63) is 63.7 Å². The van der Waals surface area contributed by atoms with Crippen LogP contribution in [0.3, 0.4) is 0 Å². The molecule has 0 saturated heterocycles. The van der Waals surface area contributed by atoms with Crippen molar-refractivity contribution in [3.8, 4) is 0 Å². The van der Waals surface area contributed by atoms with Crippen LogP contribution in [0.1, 0.15) is 28.6 Å². The summed E-state index contributed by atoms with van der Waals surface area (Å²) in [5.74, 6) is -1.43. The Labute approximate surface area is 158 Å². The molecular weight excluding hydrogens is 369 g/mol. The van der Waals surface area contributed by atoms with Gasteiger partial charge < -0.3 is 14.5 Å². The highest BCUT2D eigenvalue weighted by atomic mass is 19.1. The van der Waals surface area contributed by atoms with E-state index in [4.69, 9.17) is 9.15 Å². The minimum absolute atomic E-state index is 0.00420. The molecule has 0 bridgehead atoms. The first-order chi connectivity index (χ1) is 13.4. The fraction of sp³-hybridized carbons (Fsp3) is 0.263. The van der Waals surface area contributed by atoms with E-state index in [-0.39, 0.29) is 42.1 Å². The summed E-state index contributed by atoms with van der Waals surface area (Å²) in [6.45, 7) is 2.94. The molecule has 0 spiro atoms. The molecule has 0 atom stereocenters.